The molecule has 0 aliphatic rings. The number of carbonyl (C=O) groups is 1. The molecule has 0 saturated heterocycles. The van der Waals surface area contributed by atoms with Crippen molar-refractivity contribution in [1.29, 1.82) is 5.26 Å². The summed E-state index contributed by atoms with van der Waals surface area (Å²) < 4.78 is 25.7. The molecule has 0 atom stereocenters. The lowest BCUT2D eigenvalue weighted by molar-refractivity contribution is 0.101. The number of benzene rings is 1. The van der Waals surface area contributed by atoms with Crippen LogP contribution in [0.25, 0.3) is 0 Å². The molecule has 0 saturated carbocycles. The van der Waals surface area contributed by atoms with E-state index in [4.69, 9.17) is 5.26 Å². The maximum Gasteiger partial charge on any atom is 0.244 e. The zero-order valence-electron chi connectivity index (χ0n) is 11.0. The molecule has 0 aliphatic carbocycles. The SMILES string of the molecule is CCCN(CC#N)S(=O)(=O)c1ccc(C(C)=O)cc1. The number of hydrogen-bond donors (Lipinski definition) is 0. The normalized spacial score (nSPS) is 11.3. The summed E-state index contributed by atoms with van der Waals surface area (Å²) in [5.41, 5.74) is 0.460. The summed E-state index contributed by atoms with van der Waals surface area (Å²) in [6.45, 7) is 3.39. The fraction of sp³-hybridized carbons (Fsp3) is 0.385. The second kappa shape index (κ2) is 6.45. The van der Waals surface area contributed by atoms with Crippen LogP contribution in [-0.2, 0) is 10.0 Å². The average Bonchev–Trinajstić information content (AvgIpc) is 2.38. The van der Waals surface area contributed by atoms with Crippen LogP contribution >= 0.6 is 0 Å². The highest BCUT2D eigenvalue weighted by Gasteiger charge is 2.23. The number of sulfonamides is 1. The van der Waals surface area contributed by atoms with Crippen LogP contribution in [0.4, 0.5) is 0 Å². The van der Waals surface area contributed by atoms with E-state index in [1.54, 1.807) is 0 Å². The van der Waals surface area contributed by atoms with Crippen LogP contribution in [-0.4, -0.2) is 31.6 Å². The van der Waals surface area contributed by atoms with Gasteiger partial charge in [0.2, 0.25) is 10.0 Å². The van der Waals surface area contributed by atoms with Gasteiger partial charge in [0, 0.05) is 12.1 Å². The molecule has 0 unspecified atom stereocenters. The Bertz CT molecular complexity index is 585. The van der Waals surface area contributed by atoms with Crippen LogP contribution in [0.15, 0.2) is 29.2 Å². The molecule has 1 aromatic carbocycles. The molecule has 0 N–H and O–H groups in total. The van der Waals surface area contributed by atoms with Crippen molar-refractivity contribution in [2.24, 2.45) is 0 Å². The van der Waals surface area contributed by atoms with Gasteiger partial charge in [-0.15, -0.1) is 0 Å². The molecule has 1 rings (SSSR count). The number of Topliss-reactive ketones (excluding diaryl/α,β-unsaturated/α-hetero) is 1. The Balaban J connectivity index is 3.11. The molecule has 0 fully saturated rings. The first-order valence-corrected chi connectivity index (χ1v) is 7.35. The third-order valence-electron chi connectivity index (χ3n) is 2.62. The molecule has 19 heavy (non-hydrogen) atoms. The summed E-state index contributed by atoms with van der Waals surface area (Å²) in [5.74, 6) is -0.119. The molecule has 0 bridgehead atoms. The molecule has 1 aromatic rings. The predicted molar refractivity (Wildman–Crippen MR) is 71.1 cm³/mol. The number of nitrogens with zero attached hydrogens (tertiary/aromatic N) is 2. The second-order valence-electron chi connectivity index (χ2n) is 4.08. The van der Waals surface area contributed by atoms with Crippen molar-refractivity contribution >= 4 is 15.8 Å². The summed E-state index contributed by atoms with van der Waals surface area (Å²) in [4.78, 5) is 11.2. The minimum atomic E-state index is -3.67. The highest BCUT2D eigenvalue weighted by atomic mass is 32.2. The van der Waals surface area contributed by atoms with Crippen molar-refractivity contribution < 1.29 is 13.2 Å². The Morgan fingerprint density at radius 1 is 1.32 bits per heavy atom. The monoisotopic (exact) mass is 280 g/mol. The number of nitriles is 1. The highest BCUT2D eigenvalue weighted by Crippen LogP contribution is 2.16. The zero-order valence-corrected chi connectivity index (χ0v) is 11.8. The first-order chi connectivity index (χ1) is 8.93. The fourth-order valence-electron chi connectivity index (χ4n) is 1.62. The van der Waals surface area contributed by atoms with Gasteiger partial charge in [-0.05, 0) is 25.5 Å². The number of hydrogen-bond acceptors (Lipinski definition) is 4. The summed E-state index contributed by atoms with van der Waals surface area (Å²) >= 11 is 0. The average molecular weight is 280 g/mol. The third kappa shape index (κ3) is 3.63. The van der Waals surface area contributed by atoms with Crippen LogP contribution < -0.4 is 0 Å². The molecule has 0 aliphatic heterocycles. The van der Waals surface area contributed by atoms with E-state index in [0.717, 1.165) is 4.31 Å². The molecular weight excluding hydrogens is 264 g/mol. The Morgan fingerprint density at radius 2 is 1.89 bits per heavy atom. The van der Waals surface area contributed by atoms with Crippen molar-refractivity contribution in [2.75, 3.05) is 13.1 Å². The lowest BCUT2D eigenvalue weighted by atomic mass is 10.2. The van der Waals surface area contributed by atoms with Gasteiger partial charge in [-0.3, -0.25) is 4.79 Å². The summed E-state index contributed by atoms with van der Waals surface area (Å²) in [7, 11) is -3.67. The van der Waals surface area contributed by atoms with E-state index in [0.29, 0.717) is 18.5 Å². The van der Waals surface area contributed by atoms with Crippen molar-refractivity contribution in [3.05, 3.63) is 29.8 Å². The Morgan fingerprint density at radius 3 is 2.32 bits per heavy atom. The molecular formula is C13H16N2O3S. The van der Waals surface area contributed by atoms with Crippen LogP contribution in [0.5, 0.6) is 0 Å². The van der Waals surface area contributed by atoms with Crippen LogP contribution in [0.3, 0.4) is 0 Å². The Kier molecular flexibility index (Phi) is 5.21. The predicted octanol–water partition coefficient (Wildman–Crippen LogP) is 1.81. The molecule has 0 aromatic heterocycles. The molecule has 0 amide bonds. The van der Waals surface area contributed by atoms with E-state index in [-0.39, 0.29) is 17.2 Å². The van der Waals surface area contributed by atoms with E-state index < -0.39 is 10.0 Å². The zero-order chi connectivity index (χ0) is 14.5. The molecule has 0 spiro atoms. The van der Waals surface area contributed by atoms with Gasteiger partial charge in [-0.1, -0.05) is 19.1 Å². The van der Waals surface area contributed by atoms with E-state index in [1.165, 1.54) is 31.2 Å². The van der Waals surface area contributed by atoms with Gasteiger partial charge in [-0.25, -0.2) is 8.42 Å². The van der Waals surface area contributed by atoms with Crippen LogP contribution in [0.2, 0.25) is 0 Å². The van der Waals surface area contributed by atoms with Gasteiger partial charge in [0.1, 0.15) is 6.54 Å². The van der Waals surface area contributed by atoms with Crippen LogP contribution in [0.1, 0.15) is 30.6 Å². The molecule has 102 valence electrons. The third-order valence-corrected chi connectivity index (χ3v) is 4.48. The van der Waals surface area contributed by atoms with Crippen molar-refractivity contribution in [3.8, 4) is 6.07 Å². The number of ketones is 1. The maximum absolute atomic E-state index is 12.3. The largest absolute Gasteiger partial charge is 0.295 e. The van der Waals surface area contributed by atoms with Crippen molar-refractivity contribution in [1.82, 2.24) is 4.31 Å². The summed E-state index contributed by atoms with van der Waals surface area (Å²) in [6.07, 6.45) is 0.631. The van der Waals surface area contributed by atoms with Gasteiger partial charge in [0.15, 0.2) is 5.78 Å². The highest BCUT2D eigenvalue weighted by molar-refractivity contribution is 7.89. The van der Waals surface area contributed by atoms with Gasteiger partial charge < -0.3 is 0 Å². The van der Waals surface area contributed by atoms with Crippen molar-refractivity contribution in [3.63, 3.8) is 0 Å². The quantitative estimate of drug-likeness (QED) is 0.588. The molecule has 0 radical (unpaired) electrons. The summed E-state index contributed by atoms with van der Waals surface area (Å²) in [6, 6.07) is 7.60. The first kappa shape index (κ1) is 15.3. The minimum Gasteiger partial charge on any atom is -0.295 e. The molecule has 6 heteroatoms. The fourth-order valence-corrected chi connectivity index (χ4v) is 3.05. The van der Waals surface area contributed by atoms with Crippen molar-refractivity contribution in [2.45, 2.75) is 25.2 Å². The lowest BCUT2D eigenvalue weighted by Gasteiger charge is -2.18. The van der Waals surface area contributed by atoms with Gasteiger partial charge in [0.05, 0.1) is 11.0 Å². The smallest absolute Gasteiger partial charge is 0.244 e. The van der Waals surface area contributed by atoms with Gasteiger partial charge in [-0.2, -0.15) is 9.57 Å². The van der Waals surface area contributed by atoms with Gasteiger partial charge in [0.25, 0.3) is 0 Å². The first-order valence-electron chi connectivity index (χ1n) is 5.91. The van der Waals surface area contributed by atoms with E-state index >= 15 is 0 Å². The standard InChI is InChI=1S/C13H16N2O3S/c1-3-9-15(10-8-14)19(17,18)13-6-4-12(5-7-13)11(2)16/h4-7H,3,9-10H2,1-2H3. The topological polar surface area (TPSA) is 78.2 Å². The Hall–Kier alpha value is -1.71. The minimum absolute atomic E-state index is 0.0983. The lowest BCUT2D eigenvalue weighted by Crippen LogP contribution is -2.32. The number of carbonyl (C=O) groups excluding carboxylic acids is 1. The second-order valence-corrected chi connectivity index (χ2v) is 6.02. The molecule has 5 nitrogen and oxygen atoms in total. The van der Waals surface area contributed by atoms with E-state index in [9.17, 15) is 13.2 Å². The van der Waals surface area contributed by atoms with E-state index in [1.807, 2.05) is 13.0 Å². The Labute approximate surface area is 113 Å². The van der Waals surface area contributed by atoms with E-state index in [2.05, 4.69) is 0 Å². The number of rotatable bonds is 6. The van der Waals surface area contributed by atoms with Crippen LogP contribution in [0, 0.1) is 11.3 Å². The maximum atomic E-state index is 12.3. The molecule has 0 heterocycles. The summed E-state index contributed by atoms with van der Waals surface area (Å²) in [5, 5.41) is 8.69. The van der Waals surface area contributed by atoms with Gasteiger partial charge >= 0.3 is 0 Å².